The van der Waals surface area contributed by atoms with Crippen LogP contribution in [-0.2, 0) is 21.9 Å². The Kier molecular flexibility index (Phi) is 8.67. The van der Waals surface area contributed by atoms with Gasteiger partial charge < -0.3 is 14.6 Å². The molecular formula is C33H26N4O5S2. The van der Waals surface area contributed by atoms with Crippen LogP contribution in [0.1, 0.15) is 28.3 Å². The topological polar surface area (TPSA) is 115 Å². The van der Waals surface area contributed by atoms with Gasteiger partial charge in [-0.25, -0.2) is 0 Å². The van der Waals surface area contributed by atoms with E-state index in [2.05, 4.69) is 15.2 Å². The number of benzene rings is 3. The van der Waals surface area contributed by atoms with Crippen LogP contribution < -0.4 is 14.4 Å². The van der Waals surface area contributed by atoms with E-state index in [1.54, 1.807) is 30.3 Å². The number of carbonyl (C=O) groups excluding carboxylic acids is 2. The van der Waals surface area contributed by atoms with Crippen molar-refractivity contribution in [1.29, 1.82) is 0 Å². The van der Waals surface area contributed by atoms with Gasteiger partial charge in [0.25, 0.3) is 5.78 Å². The van der Waals surface area contributed by atoms with Crippen molar-refractivity contribution in [3.63, 3.8) is 0 Å². The number of nitrogens with zero attached hydrogens (tertiary/aromatic N) is 4. The molecule has 220 valence electrons. The minimum absolute atomic E-state index is 0.0742. The van der Waals surface area contributed by atoms with E-state index in [1.165, 1.54) is 47.5 Å². The highest BCUT2D eigenvalue weighted by molar-refractivity contribution is 8.00. The van der Waals surface area contributed by atoms with Crippen molar-refractivity contribution in [3.05, 3.63) is 131 Å². The summed E-state index contributed by atoms with van der Waals surface area (Å²) in [5, 5.41) is 20.2. The fourth-order valence-electron chi connectivity index (χ4n) is 4.80. The molecule has 1 aliphatic heterocycles. The van der Waals surface area contributed by atoms with E-state index >= 15 is 0 Å². The number of thioether (sulfide) groups is 1. The first kappa shape index (κ1) is 29.1. The molecule has 44 heavy (non-hydrogen) atoms. The number of aliphatic hydroxyl groups excluding tert-OH is 1. The summed E-state index contributed by atoms with van der Waals surface area (Å²) >= 11 is 2.69. The zero-order valence-electron chi connectivity index (χ0n) is 23.5. The Labute approximate surface area is 261 Å². The van der Waals surface area contributed by atoms with Crippen molar-refractivity contribution in [3.8, 4) is 11.5 Å². The minimum atomic E-state index is -1.000. The summed E-state index contributed by atoms with van der Waals surface area (Å²) in [4.78, 5) is 32.4. The maximum Gasteiger partial charge on any atom is 0.301 e. The second-order valence-electron chi connectivity index (χ2n) is 9.71. The lowest BCUT2D eigenvalue weighted by atomic mass is 9.95. The van der Waals surface area contributed by atoms with Crippen molar-refractivity contribution < 1.29 is 24.2 Å². The van der Waals surface area contributed by atoms with Gasteiger partial charge in [0.05, 0.1) is 18.7 Å². The summed E-state index contributed by atoms with van der Waals surface area (Å²) in [6.07, 6.45) is 3.01. The summed E-state index contributed by atoms with van der Waals surface area (Å²) in [5.74, 6) is -0.400. The Balaban J connectivity index is 1.38. The fourth-order valence-corrected chi connectivity index (χ4v) is 6.62. The summed E-state index contributed by atoms with van der Waals surface area (Å²) in [5.41, 5.74) is 2.91. The molecule has 0 saturated carbocycles. The predicted molar refractivity (Wildman–Crippen MR) is 169 cm³/mol. The number of aliphatic hydroxyl groups is 1. The number of rotatable bonds is 10. The van der Waals surface area contributed by atoms with Crippen molar-refractivity contribution in [2.24, 2.45) is 0 Å². The molecule has 5 aromatic rings. The highest BCUT2D eigenvalue weighted by Gasteiger charge is 2.48. The minimum Gasteiger partial charge on any atom is -0.507 e. The number of hydrogen-bond acceptors (Lipinski definition) is 10. The number of pyridine rings is 1. The van der Waals surface area contributed by atoms with Crippen molar-refractivity contribution in [1.82, 2.24) is 15.2 Å². The molecule has 1 fully saturated rings. The summed E-state index contributed by atoms with van der Waals surface area (Å²) in [6.45, 7) is 0.325. The van der Waals surface area contributed by atoms with Gasteiger partial charge in [0.15, 0.2) is 15.8 Å². The Morgan fingerprint density at radius 2 is 1.61 bits per heavy atom. The van der Waals surface area contributed by atoms with Crippen molar-refractivity contribution >= 4 is 45.7 Å². The molecule has 0 spiro atoms. The number of Topliss-reactive ketones (excluding diaryl/α,β-unsaturated/α-hetero) is 1. The number of anilines is 1. The number of amides is 1. The molecule has 11 heteroatoms. The molecule has 1 aliphatic rings. The average Bonchev–Trinajstić information content (AvgIpc) is 3.65. The second-order valence-corrected chi connectivity index (χ2v) is 11.9. The van der Waals surface area contributed by atoms with E-state index in [1.807, 2.05) is 60.7 Å². The molecule has 0 aliphatic carbocycles. The predicted octanol–water partition coefficient (Wildman–Crippen LogP) is 6.44. The summed E-state index contributed by atoms with van der Waals surface area (Å²) in [6, 6.07) is 27.0. The van der Waals surface area contributed by atoms with Gasteiger partial charge in [0.1, 0.15) is 12.4 Å². The molecule has 0 bridgehead atoms. The molecular weight excluding hydrogens is 597 g/mol. The Hall–Kier alpha value is -5.00. The van der Waals surface area contributed by atoms with Crippen LogP contribution in [0, 0.1) is 0 Å². The van der Waals surface area contributed by atoms with Gasteiger partial charge in [0.2, 0.25) is 5.13 Å². The Morgan fingerprint density at radius 1 is 0.909 bits per heavy atom. The lowest BCUT2D eigenvalue weighted by Gasteiger charge is -2.23. The second kappa shape index (κ2) is 13.1. The van der Waals surface area contributed by atoms with Crippen LogP contribution in [0.15, 0.2) is 113 Å². The number of hydrogen-bond donors (Lipinski definition) is 1. The monoisotopic (exact) mass is 622 g/mol. The normalized spacial score (nSPS) is 15.8. The molecule has 9 nitrogen and oxygen atoms in total. The van der Waals surface area contributed by atoms with Gasteiger partial charge in [-0.1, -0.05) is 89.8 Å². The molecule has 1 atom stereocenters. The lowest BCUT2D eigenvalue weighted by molar-refractivity contribution is -0.132. The highest BCUT2D eigenvalue weighted by atomic mass is 32.2. The summed E-state index contributed by atoms with van der Waals surface area (Å²) < 4.78 is 12.3. The number of ether oxygens (including phenoxy) is 2. The molecule has 2 aromatic heterocycles. The van der Waals surface area contributed by atoms with E-state index in [-0.39, 0.29) is 16.5 Å². The third kappa shape index (κ3) is 6.05. The van der Waals surface area contributed by atoms with Crippen molar-refractivity contribution in [2.75, 3.05) is 12.0 Å². The van der Waals surface area contributed by atoms with Crippen LogP contribution in [0.5, 0.6) is 11.5 Å². The zero-order valence-corrected chi connectivity index (χ0v) is 25.1. The van der Waals surface area contributed by atoms with Crippen LogP contribution in [0.3, 0.4) is 0 Å². The van der Waals surface area contributed by atoms with Crippen molar-refractivity contribution in [2.45, 2.75) is 22.7 Å². The first-order valence-corrected chi connectivity index (χ1v) is 15.4. The molecule has 1 unspecified atom stereocenters. The van der Waals surface area contributed by atoms with Gasteiger partial charge in [-0.15, -0.1) is 10.2 Å². The first-order chi connectivity index (χ1) is 21.5. The molecule has 0 radical (unpaired) electrons. The van der Waals surface area contributed by atoms with Gasteiger partial charge in [-0.3, -0.25) is 19.5 Å². The number of carbonyl (C=O) groups is 2. The Bertz CT molecular complexity index is 1810. The highest BCUT2D eigenvalue weighted by Crippen LogP contribution is 2.45. The maximum atomic E-state index is 13.6. The standard InChI is InChI=1S/C33H26N4O5S2/c1-41-26-18-24(12-13-25(26)42-19-21-8-4-2-5-9-21)28-27(29(38)23-14-16-34-17-15-23)30(39)31(40)37(28)32-35-36-33(44-32)43-20-22-10-6-3-7-11-22/h2-18,28,38H,19-20H2,1H3/b29-27+. The first-order valence-electron chi connectivity index (χ1n) is 13.6. The molecule has 1 N–H and O–H groups in total. The quantitative estimate of drug-likeness (QED) is 0.0618. The SMILES string of the molecule is COc1cc(C2/C(=C(\O)c3ccncc3)C(=O)C(=O)N2c2nnc(SCc3ccccc3)s2)ccc1OCc1ccccc1. The number of methoxy groups -OCH3 is 1. The van der Waals surface area contributed by atoms with Gasteiger partial charge in [0, 0.05) is 23.7 Å². The maximum absolute atomic E-state index is 13.6. The van der Waals surface area contributed by atoms with Gasteiger partial charge >= 0.3 is 5.91 Å². The van der Waals surface area contributed by atoms with Crippen LogP contribution in [0.25, 0.3) is 5.76 Å². The largest absolute Gasteiger partial charge is 0.507 e. The smallest absolute Gasteiger partial charge is 0.301 e. The molecule has 1 saturated heterocycles. The third-order valence-electron chi connectivity index (χ3n) is 6.95. The van der Waals surface area contributed by atoms with E-state index in [0.717, 1.165) is 11.1 Å². The third-order valence-corrected chi connectivity index (χ3v) is 9.07. The molecule has 3 aromatic carbocycles. The summed E-state index contributed by atoms with van der Waals surface area (Å²) in [7, 11) is 1.52. The van der Waals surface area contributed by atoms with Gasteiger partial charge in [-0.2, -0.15) is 0 Å². The average molecular weight is 623 g/mol. The van der Waals surface area contributed by atoms with E-state index < -0.39 is 17.7 Å². The van der Waals surface area contributed by atoms with Crippen LogP contribution in [-0.4, -0.2) is 39.1 Å². The zero-order chi connectivity index (χ0) is 30.5. The fraction of sp³-hybridized carbons (Fsp3) is 0.121. The van der Waals surface area contributed by atoms with Gasteiger partial charge in [-0.05, 0) is 41.0 Å². The van der Waals surface area contributed by atoms with E-state index in [9.17, 15) is 14.7 Å². The van der Waals surface area contributed by atoms with Crippen LogP contribution in [0.4, 0.5) is 5.13 Å². The lowest BCUT2D eigenvalue weighted by Crippen LogP contribution is -2.29. The van der Waals surface area contributed by atoms with E-state index in [0.29, 0.717) is 39.3 Å². The molecule has 3 heterocycles. The van der Waals surface area contributed by atoms with Crippen LogP contribution >= 0.6 is 23.1 Å². The number of ketones is 1. The molecule has 6 rings (SSSR count). The van der Waals surface area contributed by atoms with Crippen LogP contribution in [0.2, 0.25) is 0 Å². The molecule has 1 amide bonds. The number of aromatic nitrogens is 3. The Morgan fingerprint density at radius 3 is 2.32 bits per heavy atom. The van der Waals surface area contributed by atoms with E-state index in [4.69, 9.17) is 9.47 Å².